The summed E-state index contributed by atoms with van der Waals surface area (Å²) in [5, 5.41) is 6.64. The molecular formula is C19H28N4O4S. The molecule has 8 nitrogen and oxygen atoms in total. The summed E-state index contributed by atoms with van der Waals surface area (Å²) >= 11 is 0. The van der Waals surface area contributed by atoms with Gasteiger partial charge >= 0.3 is 0 Å². The van der Waals surface area contributed by atoms with Gasteiger partial charge in [-0.1, -0.05) is 31.1 Å². The molecule has 1 aromatic heterocycles. The Balaban J connectivity index is 1.89. The Labute approximate surface area is 166 Å². The number of aryl methyl sites for hydroxylation is 2. The van der Waals surface area contributed by atoms with E-state index in [0.29, 0.717) is 44.1 Å². The van der Waals surface area contributed by atoms with Crippen molar-refractivity contribution in [2.45, 2.75) is 57.9 Å². The maximum absolute atomic E-state index is 12.5. The molecule has 0 spiro atoms. The summed E-state index contributed by atoms with van der Waals surface area (Å²) in [5.41, 5.74) is 0.847. The topological polar surface area (TPSA) is 105 Å². The van der Waals surface area contributed by atoms with Crippen molar-refractivity contribution in [3.8, 4) is 0 Å². The van der Waals surface area contributed by atoms with Crippen LogP contribution in [0.5, 0.6) is 0 Å². The quantitative estimate of drug-likeness (QED) is 0.648. The summed E-state index contributed by atoms with van der Waals surface area (Å²) in [4.78, 5) is 16.5. The van der Waals surface area contributed by atoms with Crippen molar-refractivity contribution in [1.82, 2.24) is 19.8 Å². The number of rotatable bonds is 10. The monoisotopic (exact) mass is 408 g/mol. The molecule has 0 aliphatic rings. The van der Waals surface area contributed by atoms with Gasteiger partial charge in [0.2, 0.25) is 21.8 Å². The number of hydrogen-bond acceptors (Lipinski definition) is 6. The average Bonchev–Trinajstić information content (AvgIpc) is 3.07. The Morgan fingerprint density at radius 2 is 1.86 bits per heavy atom. The molecule has 1 atom stereocenters. The van der Waals surface area contributed by atoms with Crippen LogP contribution in [0, 0.1) is 6.92 Å². The van der Waals surface area contributed by atoms with Crippen LogP contribution in [0.15, 0.2) is 33.7 Å². The standard InChI is InChI=1S/C19H28N4O4S/c1-5-23(6-2)28(25,26)17-12-10-16(11-13-17)14(3)20-18(24)8-7-9-19-21-15(4)22-27-19/h10-14H,5-9H2,1-4H3,(H,20,24). The summed E-state index contributed by atoms with van der Waals surface area (Å²) < 4.78 is 31.5. The zero-order valence-electron chi connectivity index (χ0n) is 16.8. The molecule has 0 aliphatic carbocycles. The first-order valence-electron chi connectivity index (χ1n) is 9.46. The smallest absolute Gasteiger partial charge is 0.243 e. The highest BCUT2D eigenvalue weighted by molar-refractivity contribution is 7.89. The maximum Gasteiger partial charge on any atom is 0.243 e. The van der Waals surface area contributed by atoms with Crippen LogP contribution in [0.4, 0.5) is 0 Å². The Morgan fingerprint density at radius 1 is 1.21 bits per heavy atom. The fraction of sp³-hybridized carbons (Fsp3) is 0.526. The molecule has 28 heavy (non-hydrogen) atoms. The molecular weight excluding hydrogens is 380 g/mol. The maximum atomic E-state index is 12.5. The summed E-state index contributed by atoms with van der Waals surface area (Å²) in [5.74, 6) is 1.03. The average molecular weight is 409 g/mol. The Kier molecular flexibility index (Phi) is 7.70. The van der Waals surface area contributed by atoms with E-state index in [-0.39, 0.29) is 16.8 Å². The lowest BCUT2D eigenvalue weighted by Gasteiger charge is -2.19. The van der Waals surface area contributed by atoms with Crippen molar-refractivity contribution in [2.24, 2.45) is 0 Å². The Morgan fingerprint density at radius 3 is 2.39 bits per heavy atom. The molecule has 0 radical (unpaired) electrons. The van der Waals surface area contributed by atoms with Gasteiger partial charge in [-0.25, -0.2) is 8.42 Å². The molecule has 1 heterocycles. The highest BCUT2D eigenvalue weighted by Crippen LogP contribution is 2.19. The molecule has 9 heteroatoms. The second-order valence-electron chi connectivity index (χ2n) is 6.54. The second-order valence-corrected chi connectivity index (χ2v) is 8.47. The van der Waals surface area contributed by atoms with Crippen LogP contribution >= 0.6 is 0 Å². The molecule has 0 saturated carbocycles. The third-order valence-electron chi connectivity index (χ3n) is 4.46. The van der Waals surface area contributed by atoms with Crippen molar-refractivity contribution in [3.05, 3.63) is 41.5 Å². The SMILES string of the molecule is CCN(CC)S(=O)(=O)c1ccc(C(C)NC(=O)CCCc2nc(C)no2)cc1. The first-order valence-corrected chi connectivity index (χ1v) is 10.9. The van der Waals surface area contributed by atoms with Crippen LogP contribution in [0.3, 0.4) is 0 Å². The van der Waals surface area contributed by atoms with Gasteiger partial charge in [0.1, 0.15) is 0 Å². The summed E-state index contributed by atoms with van der Waals surface area (Å²) in [6.07, 6.45) is 1.52. The van der Waals surface area contributed by atoms with Gasteiger partial charge < -0.3 is 9.84 Å². The fourth-order valence-electron chi connectivity index (χ4n) is 2.88. The van der Waals surface area contributed by atoms with Crippen LogP contribution < -0.4 is 5.32 Å². The molecule has 1 N–H and O–H groups in total. The zero-order valence-corrected chi connectivity index (χ0v) is 17.6. The predicted octanol–water partition coefficient (Wildman–Crippen LogP) is 2.61. The highest BCUT2D eigenvalue weighted by Gasteiger charge is 2.21. The van der Waals surface area contributed by atoms with Gasteiger partial charge in [0.25, 0.3) is 0 Å². The Hall–Kier alpha value is -2.26. The van der Waals surface area contributed by atoms with Gasteiger partial charge in [0.05, 0.1) is 10.9 Å². The largest absolute Gasteiger partial charge is 0.350 e. The van der Waals surface area contributed by atoms with E-state index in [1.807, 2.05) is 20.8 Å². The highest BCUT2D eigenvalue weighted by atomic mass is 32.2. The molecule has 0 fully saturated rings. The lowest BCUT2D eigenvalue weighted by atomic mass is 10.1. The first kappa shape index (κ1) is 22.0. The summed E-state index contributed by atoms with van der Waals surface area (Å²) in [6, 6.07) is 6.43. The van der Waals surface area contributed by atoms with Crippen molar-refractivity contribution < 1.29 is 17.7 Å². The zero-order chi connectivity index (χ0) is 20.7. The number of benzene rings is 1. The molecule has 1 aromatic carbocycles. The van der Waals surface area contributed by atoms with Crippen molar-refractivity contribution in [1.29, 1.82) is 0 Å². The second kappa shape index (κ2) is 9.79. The minimum Gasteiger partial charge on any atom is -0.350 e. The van der Waals surface area contributed by atoms with Crippen LogP contribution in [0.2, 0.25) is 0 Å². The van der Waals surface area contributed by atoms with Crippen LogP contribution in [0.1, 0.15) is 56.9 Å². The van der Waals surface area contributed by atoms with E-state index in [1.54, 1.807) is 31.2 Å². The van der Waals surface area contributed by atoms with Gasteiger partial charge in [0.15, 0.2) is 5.82 Å². The van der Waals surface area contributed by atoms with Crippen LogP contribution in [0.25, 0.3) is 0 Å². The molecule has 0 saturated heterocycles. The number of nitrogens with zero attached hydrogens (tertiary/aromatic N) is 3. The predicted molar refractivity (Wildman–Crippen MR) is 105 cm³/mol. The number of amides is 1. The van der Waals surface area contributed by atoms with Crippen molar-refractivity contribution in [3.63, 3.8) is 0 Å². The van der Waals surface area contributed by atoms with Crippen molar-refractivity contribution >= 4 is 15.9 Å². The van der Waals surface area contributed by atoms with E-state index in [4.69, 9.17) is 4.52 Å². The number of aromatic nitrogens is 2. The van der Waals surface area contributed by atoms with Crippen LogP contribution in [-0.2, 0) is 21.2 Å². The number of hydrogen-bond donors (Lipinski definition) is 1. The third kappa shape index (κ3) is 5.62. The molecule has 0 bridgehead atoms. The number of carbonyl (C=O) groups excluding carboxylic acids is 1. The molecule has 0 aliphatic heterocycles. The third-order valence-corrected chi connectivity index (χ3v) is 6.53. The molecule has 154 valence electrons. The lowest BCUT2D eigenvalue weighted by molar-refractivity contribution is -0.121. The molecule has 2 rings (SSSR count). The molecule has 1 unspecified atom stereocenters. The van der Waals surface area contributed by atoms with Crippen molar-refractivity contribution in [2.75, 3.05) is 13.1 Å². The minimum atomic E-state index is -3.48. The van der Waals surface area contributed by atoms with Gasteiger partial charge in [-0.05, 0) is 38.0 Å². The normalized spacial score (nSPS) is 12.9. The van der Waals surface area contributed by atoms with Gasteiger partial charge in [-0.3, -0.25) is 4.79 Å². The minimum absolute atomic E-state index is 0.0800. The van der Waals surface area contributed by atoms with Gasteiger partial charge in [0, 0.05) is 25.9 Å². The molecule has 2 aromatic rings. The van der Waals surface area contributed by atoms with Gasteiger partial charge in [-0.15, -0.1) is 0 Å². The number of sulfonamides is 1. The van der Waals surface area contributed by atoms with E-state index < -0.39 is 10.0 Å². The summed E-state index contributed by atoms with van der Waals surface area (Å²) in [6.45, 7) is 8.10. The number of nitrogens with one attached hydrogen (secondary N) is 1. The summed E-state index contributed by atoms with van der Waals surface area (Å²) in [7, 11) is -3.48. The Bertz CT molecular complexity index is 874. The van der Waals surface area contributed by atoms with E-state index in [9.17, 15) is 13.2 Å². The molecule has 1 amide bonds. The van der Waals surface area contributed by atoms with E-state index in [1.165, 1.54) is 4.31 Å². The van der Waals surface area contributed by atoms with E-state index >= 15 is 0 Å². The lowest BCUT2D eigenvalue weighted by Crippen LogP contribution is -2.30. The van der Waals surface area contributed by atoms with E-state index in [0.717, 1.165) is 5.56 Å². The number of carbonyl (C=O) groups is 1. The van der Waals surface area contributed by atoms with E-state index in [2.05, 4.69) is 15.5 Å². The van der Waals surface area contributed by atoms with Crippen LogP contribution in [-0.4, -0.2) is 41.9 Å². The van der Waals surface area contributed by atoms with Gasteiger partial charge in [-0.2, -0.15) is 9.29 Å². The first-order chi connectivity index (χ1) is 13.3. The fourth-order valence-corrected chi connectivity index (χ4v) is 4.34.